The summed E-state index contributed by atoms with van der Waals surface area (Å²) in [5, 5.41) is 15.3. The molecule has 5 nitrogen and oxygen atoms in total. The minimum Gasteiger partial charge on any atom is -0.507 e. The minimum atomic E-state index is -0.202. The van der Waals surface area contributed by atoms with Crippen LogP contribution in [0.4, 0.5) is 0 Å². The number of phenols is 1. The van der Waals surface area contributed by atoms with E-state index in [1.165, 1.54) is 6.07 Å². The van der Waals surface area contributed by atoms with Crippen molar-refractivity contribution in [3.8, 4) is 5.75 Å². The smallest absolute Gasteiger partial charge is 0.251 e. The predicted molar refractivity (Wildman–Crippen MR) is 72.9 cm³/mol. The van der Waals surface area contributed by atoms with E-state index < -0.39 is 0 Å². The first-order chi connectivity index (χ1) is 8.65. The number of phenolic OH excluding ortho intramolecular Hbond substituents is 1. The summed E-state index contributed by atoms with van der Waals surface area (Å²) in [7, 11) is 1.64. The molecule has 3 N–H and O–H groups in total. The van der Waals surface area contributed by atoms with Gasteiger partial charge in [0.2, 0.25) is 0 Å². The molecule has 0 aliphatic heterocycles. The number of carbonyl (C=O) groups is 1. The van der Waals surface area contributed by atoms with Crippen molar-refractivity contribution in [3.63, 3.8) is 0 Å². The van der Waals surface area contributed by atoms with Crippen molar-refractivity contribution < 1.29 is 14.6 Å². The normalized spacial score (nSPS) is 10.3. The number of carbonyl (C=O) groups excluding carboxylic acids is 1. The van der Waals surface area contributed by atoms with E-state index in [4.69, 9.17) is 4.74 Å². The number of rotatable bonds is 7. The van der Waals surface area contributed by atoms with Gasteiger partial charge in [-0.15, -0.1) is 0 Å². The monoisotopic (exact) mass is 316 g/mol. The molecule has 100 valence electrons. The summed E-state index contributed by atoms with van der Waals surface area (Å²) >= 11 is 3.16. The van der Waals surface area contributed by atoms with Gasteiger partial charge in [-0.05, 0) is 34.1 Å². The van der Waals surface area contributed by atoms with Gasteiger partial charge in [0, 0.05) is 32.3 Å². The zero-order valence-electron chi connectivity index (χ0n) is 10.2. The molecule has 0 aliphatic rings. The lowest BCUT2D eigenvalue weighted by Gasteiger charge is -2.07. The molecule has 0 fully saturated rings. The predicted octanol–water partition coefficient (Wildman–Crippen LogP) is 1.12. The Balaban J connectivity index is 2.30. The Morgan fingerprint density at radius 3 is 2.83 bits per heavy atom. The third kappa shape index (κ3) is 5.03. The van der Waals surface area contributed by atoms with E-state index in [-0.39, 0.29) is 11.7 Å². The van der Waals surface area contributed by atoms with Crippen molar-refractivity contribution in [1.82, 2.24) is 10.6 Å². The molecule has 0 bridgehead atoms. The molecule has 1 amide bonds. The van der Waals surface area contributed by atoms with Crippen LogP contribution in [0.1, 0.15) is 10.4 Å². The van der Waals surface area contributed by atoms with E-state index in [1.54, 1.807) is 19.2 Å². The average Bonchev–Trinajstić information content (AvgIpc) is 2.36. The molecule has 0 heterocycles. The molecule has 0 aromatic heterocycles. The Morgan fingerprint density at radius 2 is 2.17 bits per heavy atom. The van der Waals surface area contributed by atoms with Gasteiger partial charge in [0.15, 0.2) is 0 Å². The van der Waals surface area contributed by atoms with Crippen LogP contribution in [0.25, 0.3) is 0 Å². The van der Waals surface area contributed by atoms with Gasteiger partial charge in [0.05, 0.1) is 11.1 Å². The second kappa shape index (κ2) is 8.07. The van der Waals surface area contributed by atoms with Crippen molar-refractivity contribution in [2.24, 2.45) is 0 Å². The molecule has 0 radical (unpaired) electrons. The van der Waals surface area contributed by atoms with Crippen LogP contribution in [-0.2, 0) is 4.74 Å². The van der Waals surface area contributed by atoms with Crippen molar-refractivity contribution in [2.75, 3.05) is 33.4 Å². The van der Waals surface area contributed by atoms with Crippen LogP contribution < -0.4 is 10.6 Å². The topological polar surface area (TPSA) is 70.6 Å². The SMILES string of the molecule is COCCNCCNC(=O)c1ccc(Br)c(O)c1. The second-order valence-corrected chi connectivity index (χ2v) is 4.52. The molecule has 0 atom stereocenters. The summed E-state index contributed by atoms with van der Waals surface area (Å²) in [6, 6.07) is 4.72. The molecule has 0 saturated heterocycles. The Bertz CT molecular complexity index is 399. The number of hydrogen-bond acceptors (Lipinski definition) is 4. The first-order valence-corrected chi connectivity index (χ1v) is 6.41. The maximum absolute atomic E-state index is 11.7. The zero-order chi connectivity index (χ0) is 13.4. The van der Waals surface area contributed by atoms with Crippen LogP contribution in [-0.4, -0.2) is 44.4 Å². The van der Waals surface area contributed by atoms with Gasteiger partial charge in [-0.2, -0.15) is 0 Å². The lowest BCUT2D eigenvalue weighted by molar-refractivity contribution is 0.0953. The highest BCUT2D eigenvalue weighted by molar-refractivity contribution is 9.10. The summed E-state index contributed by atoms with van der Waals surface area (Å²) in [5.41, 5.74) is 0.438. The Hall–Kier alpha value is -1.11. The minimum absolute atomic E-state index is 0.0564. The van der Waals surface area contributed by atoms with Crippen molar-refractivity contribution >= 4 is 21.8 Å². The van der Waals surface area contributed by atoms with E-state index in [1.807, 2.05) is 0 Å². The van der Waals surface area contributed by atoms with Gasteiger partial charge in [-0.1, -0.05) is 0 Å². The van der Waals surface area contributed by atoms with E-state index >= 15 is 0 Å². The van der Waals surface area contributed by atoms with Gasteiger partial charge < -0.3 is 20.5 Å². The summed E-state index contributed by atoms with van der Waals surface area (Å²) in [6.45, 7) is 2.61. The van der Waals surface area contributed by atoms with Crippen LogP contribution >= 0.6 is 15.9 Å². The van der Waals surface area contributed by atoms with Crippen LogP contribution in [0, 0.1) is 0 Å². The maximum Gasteiger partial charge on any atom is 0.251 e. The first kappa shape index (κ1) is 14.9. The van der Waals surface area contributed by atoms with Gasteiger partial charge in [0.25, 0.3) is 5.91 Å². The summed E-state index contributed by atoms with van der Waals surface area (Å²) < 4.78 is 5.45. The van der Waals surface area contributed by atoms with Crippen LogP contribution in [0.2, 0.25) is 0 Å². The van der Waals surface area contributed by atoms with E-state index in [0.717, 1.165) is 6.54 Å². The van der Waals surface area contributed by atoms with Crippen molar-refractivity contribution in [3.05, 3.63) is 28.2 Å². The standard InChI is InChI=1S/C12H17BrN2O3/c1-18-7-6-14-4-5-15-12(17)9-2-3-10(13)11(16)8-9/h2-3,8,14,16H,4-7H2,1H3,(H,15,17). The molecule has 0 saturated carbocycles. The first-order valence-electron chi connectivity index (χ1n) is 5.61. The lowest BCUT2D eigenvalue weighted by Crippen LogP contribution is -2.33. The van der Waals surface area contributed by atoms with Gasteiger partial charge in [0.1, 0.15) is 5.75 Å². The largest absolute Gasteiger partial charge is 0.507 e. The molecule has 0 unspecified atom stereocenters. The van der Waals surface area contributed by atoms with Crippen molar-refractivity contribution in [1.29, 1.82) is 0 Å². The zero-order valence-corrected chi connectivity index (χ0v) is 11.8. The molecule has 1 rings (SSSR count). The summed E-state index contributed by atoms with van der Waals surface area (Å²) in [6.07, 6.45) is 0. The molecular weight excluding hydrogens is 300 g/mol. The Morgan fingerprint density at radius 1 is 1.39 bits per heavy atom. The molecule has 1 aromatic carbocycles. The highest BCUT2D eigenvalue weighted by atomic mass is 79.9. The number of benzene rings is 1. The fraction of sp³-hybridized carbons (Fsp3) is 0.417. The fourth-order valence-corrected chi connectivity index (χ4v) is 1.57. The Labute approximate surface area is 115 Å². The van der Waals surface area contributed by atoms with E-state index in [2.05, 4.69) is 26.6 Å². The quantitative estimate of drug-likeness (QED) is 0.659. The van der Waals surface area contributed by atoms with Crippen LogP contribution in [0.5, 0.6) is 5.75 Å². The summed E-state index contributed by atoms with van der Waals surface area (Å²) in [5.74, 6) is -0.146. The van der Waals surface area contributed by atoms with E-state index in [0.29, 0.717) is 29.7 Å². The van der Waals surface area contributed by atoms with Crippen LogP contribution in [0.3, 0.4) is 0 Å². The number of nitrogens with one attached hydrogen (secondary N) is 2. The molecule has 0 spiro atoms. The second-order valence-electron chi connectivity index (χ2n) is 3.66. The number of halogens is 1. The number of ether oxygens (including phenoxy) is 1. The number of hydrogen-bond donors (Lipinski definition) is 3. The molecule has 1 aromatic rings. The van der Waals surface area contributed by atoms with Crippen LogP contribution in [0.15, 0.2) is 22.7 Å². The lowest BCUT2D eigenvalue weighted by atomic mass is 10.2. The highest BCUT2D eigenvalue weighted by Gasteiger charge is 2.07. The third-order valence-electron chi connectivity index (χ3n) is 2.28. The van der Waals surface area contributed by atoms with Crippen molar-refractivity contribution in [2.45, 2.75) is 0 Å². The molecule has 0 aliphatic carbocycles. The Kier molecular flexibility index (Phi) is 6.70. The summed E-state index contributed by atoms with van der Waals surface area (Å²) in [4.78, 5) is 11.7. The maximum atomic E-state index is 11.7. The third-order valence-corrected chi connectivity index (χ3v) is 2.95. The molecule has 18 heavy (non-hydrogen) atoms. The highest BCUT2D eigenvalue weighted by Crippen LogP contribution is 2.24. The molecular formula is C12H17BrN2O3. The molecule has 6 heteroatoms. The van der Waals surface area contributed by atoms with Gasteiger partial charge in [-0.25, -0.2) is 0 Å². The average molecular weight is 317 g/mol. The van der Waals surface area contributed by atoms with E-state index in [9.17, 15) is 9.90 Å². The van der Waals surface area contributed by atoms with Gasteiger partial charge >= 0.3 is 0 Å². The fourth-order valence-electron chi connectivity index (χ4n) is 1.32. The number of amides is 1. The van der Waals surface area contributed by atoms with Gasteiger partial charge in [-0.3, -0.25) is 4.79 Å². The number of aromatic hydroxyl groups is 1. The number of methoxy groups -OCH3 is 1.